The summed E-state index contributed by atoms with van der Waals surface area (Å²) in [5.74, 6) is -1.87. The molecule has 1 rings (SSSR count). The number of carboxylic acid groups (broad SMARTS) is 1. The summed E-state index contributed by atoms with van der Waals surface area (Å²) in [5, 5.41) is 13.3. The van der Waals surface area contributed by atoms with Crippen LogP contribution in [0.1, 0.15) is 13.8 Å². The van der Waals surface area contributed by atoms with Crippen molar-refractivity contribution in [3.63, 3.8) is 0 Å². The summed E-state index contributed by atoms with van der Waals surface area (Å²) in [6.07, 6.45) is 4.35. The number of hydrogen-bond acceptors (Lipinski definition) is 5. The van der Waals surface area contributed by atoms with E-state index in [1.54, 1.807) is 6.92 Å². The molecule has 82 valence electrons. The lowest BCUT2D eigenvalue weighted by Crippen LogP contribution is -2.56. The second-order valence-corrected chi connectivity index (χ2v) is 3.27. The number of ether oxygens (including phenoxy) is 1. The summed E-state index contributed by atoms with van der Waals surface area (Å²) < 4.78 is 4.74. The summed E-state index contributed by atoms with van der Waals surface area (Å²) in [6.45, 7) is 3.32. The molecule has 1 atom stereocenters. The average Bonchev–Trinajstić information content (AvgIpc) is 2.18. The molecule has 5 nitrogen and oxygen atoms in total. The van der Waals surface area contributed by atoms with Crippen LogP contribution in [0.25, 0.3) is 0 Å². The highest BCUT2D eigenvalue weighted by Gasteiger charge is 2.28. The molecule has 1 unspecified atom stereocenters. The lowest BCUT2D eigenvalue weighted by Gasteiger charge is -2.32. The van der Waals surface area contributed by atoms with Gasteiger partial charge in [0, 0.05) is 0 Å². The quantitative estimate of drug-likeness (QED) is 0.611. The number of hydrogen-bond donors (Lipinski definition) is 1. The molecule has 0 saturated heterocycles. The third-order valence-corrected chi connectivity index (χ3v) is 2.01. The van der Waals surface area contributed by atoms with E-state index in [1.165, 1.54) is 25.2 Å². The van der Waals surface area contributed by atoms with E-state index in [0.29, 0.717) is 0 Å². The van der Waals surface area contributed by atoms with Gasteiger partial charge >= 0.3 is 5.97 Å². The zero-order valence-electron chi connectivity index (χ0n) is 8.57. The molecule has 0 aromatic rings. The van der Waals surface area contributed by atoms with Crippen LogP contribution in [0.2, 0.25) is 0 Å². The molecule has 0 radical (unpaired) electrons. The standard InChI is InChI=1S/C10H13NO4/c1-3-15-8(12)7-5-4-6-10(2,11-7)9(13)14/h4-6,11H,3H2,1-2H3,(H,13,14)/p-1. The van der Waals surface area contributed by atoms with E-state index in [1.807, 2.05) is 0 Å². The minimum absolute atomic E-state index is 0.117. The Hall–Kier alpha value is -1.78. The highest BCUT2D eigenvalue weighted by molar-refractivity contribution is 5.91. The number of carboxylic acids is 1. The molecule has 0 spiro atoms. The Balaban J connectivity index is 2.81. The fraction of sp³-hybridized carbons (Fsp3) is 0.400. The largest absolute Gasteiger partial charge is 0.547 e. The topological polar surface area (TPSA) is 78.5 Å². The van der Waals surface area contributed by atoms with Gasteiger partial charge in [-0.05, 0) is 19.9 Å². The van der Waals surface area contributed by atoms with Crippen LogP contribution in [-0.2, 0) is 14.3 Å². The maximum absolute atomic E-state index is 11.3. The minimum atomic E-state index is -1.36. The van der Waals surface area contributed by atoms with Crippen LogP contribution in [0, 0.1) is 0 Å². The Morgan fingerprint density at radius 1 is 1.60 bits per heavy atom. The molecular weight excluding hydrogens is 198 g/mol. The van der Waals surface area contributed by atoms with Gasteiger partial charge in [-0.1, -0.05) is 12.2 Å². The molecule has 0 saturated carbocycles. The van der Waals surface area contributed by atoms with Crippen LogP contribution in [-0.4, -0.2) is 24.1 Å². The molecule has 0 bridgehead atoms. The summed E-state index contributed by atoms with van der Waals surface area (Å²) in [4.78, 5) is 22.1. The van der Waals surface area contributed by atoms with Crippen molar-refractivity contribution in [2.75, 3.05) is 6.61 Å². The number of aliphatic carboxylic acids is 1. The van der Waals surface area contributed by atoms with E-state index in [-0.39, 0.29) is 12.3 Å². The summed E-state index contributed by atoms with van der Waals surface area (Å²) in [5.41, 5.74) is -1.25. The second-order valence-electron chi connectivity index (χ2n) is 3.27. The third kappa shape index (κ3) is 2.37. The molecule has 1 heterocycles. The van der Waals surface area contributed by atoms with E-state index in [2.05, 4.69) is 5.32 Å². The van der Waals surface area contributed by atoms with Crippen LogP contribution in [0.3, 0.4) is 0 Å². The van der Waals surface area contributed by atoms with Crippen LogP contribution < -0.4 is 10.4 Å². The van der Waals surface area contributed by atoms with Gasteiger partial charge in [-0.15, -0.1) is 0 Å². The first-order valence-corrected chi connectivity index (χ1v) is 4.56. The van der Waals surface area contributed by atoms with Gasteiger partial charge in [0.1, 0.15) is 5.70 Å². The number of carbonyl (C=O) groups is 2. The Labute approximate surface area is 87.4 Å². The van der Waals surface area contributed by atoms with Crippen molar-refractivity contribution in [1.29, 1.82) is 0 Å². The molecule has 0 aromatic heterocycles. The molecular formula is C10H12NO4-. The number of esters is 1. The predicted molar refractivity (Wildman–Crippen MR) is 50.4 cm³/mol. The lowest BCUT2D eigenvalue weighted by atomic mass is 9.98. The van der Waals surface area contributed by atoms with E-state index < -0.39 is 17.5 Å². The van der Waals surface area contributed by atoms with Crippen molar-refractivity contribution in [3.8, 4) is 0 Å². The van der Waals surface area contributed by atoms with Gasteiger partial charge in [-0.3, -0.25) is 0 Å². The zero-order valence-corrected chi connectivity index (χ0v) is 8.57. The van der Waals surface area contributed by atoms with E-state index in [4.69, 9.17) is 4.74 Å². The van der Waals surface area contributed by atoms with Crippen molar-refractivity contribution in [2.45, 2.75) is 19.4 Å². The second kappa shape index (κ2) is 4.16. The van der Waals surface area contributed by atoms with Gasteiger partial charge in [0.2, 0.25) is 0 Å². The molecule has 0 amide bonds. The van der Waals surface area contributed by atoms with Crippen molar-refractivity contribution in [2.24, 2.45) is 0 Å². The Morgan fingerprint density at radius 3 is 2.80 bits per heavy atom. The average molecular weight is 210 g/mol. The summed E-state index contributed by atoms with van der Waals surface area (Å²) in [6, 6.07) is 0. The number of allylic oxidation sites excluding steroid dienone is 2. The van der Waals surface area contributed by atoms with Crippen molar-refractivity contribution in [1.82, 2.24) is 5.32 Å². The third-order valence-electron chi connectivity index (χ3n) is 2.01. The monoisotopic (exact) mass is 210 g/mol. The zero-order chi connectivity index (χ0) is 11.5. The van der Waals surface area contributed by atoms with Gasteiger partial charge < -0.3 is 20.0 Å². The van der Waals surface area contributed by atoms with Crippen LogP contribution in [0.4, 0.5) is 0 Å². The number of rotatable bonds is 3. The van der Waals surface area contributed by atoms with Gasteiger partial charge in [-0.25, -0.2) is 4.79 Å². The number of nitrogens with one attached hydrogen (secondary N) is 1. The van der Waals surface area contributed by atoms with Gasteiger partial charge in [0.15, 0.2) is 0 Å². The number of dihydropyridines is 1. The van der Waals surface area contributed by atoms with Crippen molar-refractivity contribution < 1.29 is 19.4 Å². The highest BCUT2D eigenvalue weighted by atomic mass is 16.5. The molecule has 15 heavy (non-hydrogen) atoms. The van der Waals surface area contributed by atoms with Crippen LogP contribution >= 0.6 is 0 Å². The van der Waals surface area contributed by atoms with E-state index in [0.717, 1.165) is 0 Å². The normalized spacial score (nSPS) is 24.0. The molecule has 0 fully saturated rings. The molecule has 5 heteroatoms. The Bertz CT molecular complexity index is 345. The molecule has 0 aliphatic carbocycles. The number of carbonyl (C=O) groups excluding carboxylic acids is 2. The Kier molecular flexibility index (Phi) is 3.14. The molecule has 1 N–H and O–H groups in total. The van der Waals surface area contributed by atoms with Crippen molar-refractivity contribution in [3.05, 3.63) is 23.9 Å². The minimum Gasteiger partial charge on any atom is -0.547 e. The maximum atomic E-state index is 11.3. The molecule has 1 aliphatic heterocycles. The van der Waals surface area contributed by atoms with E-state index in [9.17, 15) is 14.7 Å². The molecule has 0 aromatic carbocycles. The Morgan fingerprint density at radius 2 is 2.27 bits per heavy atom. The highest BCUT2D eigenvalue weighted by Crippen LogP contribution is 2.14. The first-order valence-electron chi connectivity index (χ1n) is 4.56. The first kappa shape index (κ1) is 11.3. The van der Waals surface area contributed by atoms with Gasteiger partial charge in [0.25, 0.3) is 0 Å². The summed E-state index contributed by atoms with van der Waals surface area (Å²) >= 11 is 0. The first-order chi connectivity index (χ1) is 6.99. The van der Waals surface area contributed by atoms with Gasteiger partial charge in [-0.2, -0.15) is 0 Å². The fourth-order valence-corrected chi connectivity index (χ4v) is 1.15. The smallest absolute Gasteiger partial charge is 0.354 e. The molecule has 1 aliphatic rings. The van der Waals surface area contributed by atoms with Crippen LogP contribution in [0.5, 0.6) is 0 Å². The van der Waals surface area contributed by atoms with Gasteiger partial charge in [0.05, 0.1) is 18.1 Å². The summed E-state index contributed by atoms with van der Waals surface area (Å²) in [7, 11) is 0. The SMILES string of the molecule is CCOC(=O)C1=CC=CC(C)(C(=O)[O-])N1. The lowest BCUT2D eigenvalue weighted by molar-refractivity contribution is -0.311. The van der Waals surface area contributed by atoms with Crippen molar-refractivity contribution >= 4 is 11.9 Å². The fourth-order valence-electron chi connectivity index (χ4n) is 1.15. The van der Waals surface area contributed by atoms with Crippen LogP contribution in [0.15, 0.2) is 23.9 Å². The maximum Gasteiger partial charge on any atom is 0.354 e. The van der Waals surface area contributed by atoms with E-state index >= 15 is 0 Å². The predicted octanol–water partition coefficient (Wildman–Crippen LogP) is -0.899.